The lowest BCUT2D eigenvalue weighted by Crippen LogP contribution is -2.17. The van der Waals surface area contributed by atoms with Gasteiger partial charge in [-0.2, -0.15) is 0 Å². The van der Waals surface area contributed by atoms with Gasteiger partial charge in [0.15, 0.2) is 11.5 Å². The minimum atomic E-state index is 0.403. The summed E-state index contributed by atoms with van der Waals surface area (Å²) < 4.78 is 10.4. The van der Waals surface area contributed by atoms with E-state index in [1.165, 1.54) is 5.56 Å². The van der Waals surface area contributed by atoms with Crippen LogP contribution >= 0.6 is 0 Å². The van der Waals surface area contributed by atoms with Crippen LogP contribution in [0.15, 0.2) is 18.2 Å². The first kappa shape index (κ1) is 12.8. The Morgan fingerprint density at radius 1 is 1.12 bits per heavy atom. The molecule has 0 N–H and O–H groups in total. The summed E-state index contributed by atoms with van der Waals surface area (Å²) in [6, 6.07) is 6.40. The van der Waals surface area contributed by atoms with Gasteiger partial charge in [0.2, 0.25) is 0 Å². The van der Waals surface area contributed by atoms with E-state index in [1.54, 1.807) is 14.2 Å². The Balaban J connectivity index is 2.60. The third-order valence-electron chi connectivity index (χ3n) is 2.34. The van der Waals surface area contributed by atoms with Crippen molar-refractivity contribution in [2.45, 2.75) is 26.3 Å². The van der Waals surface area contributed by atoms with E-state index in [1.807, 2.05) is 12.1 Å². The third-order valence-corrected chi connectivity index (χ3v) is 2.34. The Kier molecular flexibility index (Phi) is 5.12. The molecule has 0 heterocycles. The Hall–Kier alpha value is -1.22. The van der Waals surface area contributed by atoms with E-state index in [-0.39, 0.29) is 0 Å². The molecule has 0 aromatic heterocycles. The van der Waals surface area contributed by atoms with Crippen molar-refractivity contribution in [3.05, 3.63) is 23.8 Å². The number of benzene rings is 1. The van der Waals surface area contributed by atoms with Crippen LogP contribution in [0.3, 0.4) is 0 Å². The van der Waals surface area contributed by atoms with Gasteiger partial charge in [0, 0.05) is 12.6 Å². The van der Waals surface area contributed by atoms with Crippen molar-refractivity contribution < 1.29 is 9.47 Å². The van der Waals surface area contributed by atoms with E-state index < -0.39 is 0 Å². The van der Waals surface area contributed by atoms with Gasteiger partial charge in [0.05, 0.1) is 14.2 Å². The number of hydrogen-bond donors (Lipinski definition) is 0. The quantitative estimate of drug-likeness (QED) is 0.739. The molecule has 0 saturated carbocycles. The van der Waals surface area contributed by atoms with E-state index in [9.17, 15) is 0 Å². The van der Waals surface area contributed by atoms with E-state index in [4.69, 9.17) is 9.47 Å². The number of nitrogens with zero attached hydrogens (tertiary/aromatic N) is 1. The molecule has 89 valence electrons. The lowest BCUT2D eigenvalue weighted by molar-refractivity contribution is 0.354. The molecule has 16 heavy (non-hydrogen) atoms. The molecular weight excluding hydrogens is 202 g/mol. The third kappa shape index (κ3) is 3.74. The molecule has 0 aliphatic rings. The summed E-state index contributed by atoms with van der Waals surface area (Å²) in [5.41, 5.74) is 1.22. The first-order chi connectivity index (χ1) is 7.67. The Bertz CT molecular complexity index is 324. The second-order valence-corrected chi connectivity index (χ2v) is 3.94. The van der Waals surface area contributed by atoms with Crippen molar-refractivity contribution >= 4 is 0 Å². The number of ether oxygens (including phenoxy) is 2. The van der Waals surface area contributed by atoms with Crippen LogP contribution in [0.4, 0.5) is 0 Å². The van der Waals surface area contributed by atoms with Gasteiger partial charge in [-0.3, -0.25) is 0 Å². The Morgan fingerprint density at radius 2 is 1.81 bits per heavy atom. The molecule has 0 saturated heterocycles. The molecule has 0 atom stereocenters. The van der Waals surface area contributed by atoms with Crippen LogP contribution in [-0.4, -0.2) is 26.8 Å². The lowest BCUT2D eigenvalue weighted by atomic mass is 10.1. The predicted molar refractivity (Wildman–Crippen MR) is 65.4 cm³/mol. The van der Waals surface area contributed by atoms with Crippen molar-refractivity contribution in [3.63, 3.8) is 0 Å². The summed E-state index contributed by atoms with van der Waals surface area (Å²) in [5, 5.41) is 4.45. The van der Waals surface area contributed by atoms with Crippen LogP contribution in [0, 0.1) is 0 Å². The molecule has 0 bridgehead atoms. The lowest BCUT2D eigenvalue weighted by Gasteiger charge is -2.10. The van der Waals surface area contributed by atoms with Crippen LogP contribution in [0.1, 0.15) is 19.4 Å². The van der Waals surface area contributed by atoms with Gasteiger partial charge in [0.1, 0.15) is 0 Å². The van der Waals surface area contributed by atoms with Crippen LogP contribution in [0.25, 0.3) is 0 Å². The Labute approximate surface area is 97.8 Å². The maximum absolute atomic E-state index is 5.25. The monoisotopic (exact) mass is 222 g/mol. The standard InChI is InChI=1S/C13H20NO2/c1-10(2)14-8-7-11-5-6-12(15-3)13(9-11)16-4/h5-6,9-10H,7-8H2,1-4H3. The highest BCUT2D eigenvalue weighted by molar-refractivity contribution is 5.42. The zero-order chi connectivity index (χ0) is 12.0. The zero-order valence-corrected chi connectivity index (χ0v) is 10.5. The molecule has 0 aliphatic carbocycles. The fourth-order valence-corrected chi connectivity index (χ4v) is 1.49. The molecule has 0 unspecified atom stereocenters. The van der Waals surface area contributed by atoms with Gasteiger partial charge in [-0.05, 0) is 38.0 Å². The highest BCUT2D eigenvalue weighted by atomic mass is 16.5. The Morgan fingerprint density at radius 3 is 2.38 bits per heavy atom. The minimum absolute atomic E-state index is 0.403. The average Bonchev–Trinajstić information content (AvgIpc) is 2.28. The summed E-state index contributed by atoms with van der Waals surface area (Å²) in [6.45, 7) is 5.04. The fourth-order valence-electron chi connectivity index (χ4n) is 1.49. The summed E-state index contributed by atoms with van der Waals surface area (Å²) in [4.78, 5) is 0. The highest BCUT2D eigenvalue weighted by Gasteiger charge is 2.04. The first-order valence-corrected chi connectivity index (χ1v) is 5.55. The smallest absolute Gasteiger partial charge is 0.160 e. The predicted octanol–water partition coefficient (Wildman–Crippen LogP) is 2.26. The molecule has 0 spiro atoms. The van der Waals surface area contributed by atoms with E-state index >= 15 is 0 Å². The van der Waals surface area contributed by atoms with Crippen LogP contribution in [0.5, 0.6) is 11.5 Å². The van der Waals surface area contributed by atoms with Crippen molar-refractivity contribution in [1.82, 2.24) is 5.32 Å². The van der Waals surface area contributed by atoms with Gasteiger partial charge in [-0.25, -0.2) is 5.32 Å². The summed E-state index contributed by atoms with van der Waals surface area (Å²) in [5.74, 6) is 1.55. The van der Waals surface area contributed by atoms with Crippen LogP contribution < -0.4 is 14.8 Å². The van der Waals surface area contributed by atoms with Crippen molar-refractivity contribution in [3.8, 4) is 11.5 Å². The molecule has 1 aromatic rings. The van der Waals surface area contributed by atoms with E-state index in [0.717, 1.165) is 24.5 Å². The topological polar surface area (TPSA) is 32.6 Å². The maximum Gasteiger partial charge on any atom is 0.160 e. The minimum Gasteiger partial charge on any atom is -0.493 e. The van der Waals surface area contributed by atoms with Crippen LogP contribution in [-0.2, 0) is 6.42 Å². The van der Waals surface area contributed by atoms with E-state index in [2.05, 4.69) is 25.2 Å². The number of hydrogen-bond acceptors (Lipinski definition) is 2. The zero-order valence-electron chi connectivity index (χ0n) is 10.5. The second kappa shape index (κ2) is 6.38. The summed E-state index contributed by atoms with van der Waals surface area (Å²) in [6.07, 6.45) is 0.943. The normalized spacial score (nSPS) is 10.6. The second-order valence-electron chi connectivity index (χ2n) is 3.94. The van der Waals surface area contributed by atoms with Crippen molar-refractivity contribution in [2.24, 2.45) is 0 Å². The molecule has 0 fully saturated rings. The van der Waals surface area contributed by atoms with Gasteiger partial charge < -0.3 is 9.47 Å². The molecule has 0 aliphatic heterocycles. The van der Waals surface area contributed by atoms with Crippen molar-refractivity contribution in [2.75, 3.05) is 20.8 Å². The van der Waals surface area contributed by atoms with Gasteiger partial charge >= 0.3 is 0 Å². The van der Waals surface area contributed by atoms with E-state index in [0.29, 0.717) is 6.04 Å². The number of rotatable bonds is 6. The average molecular weight is 222 g/mol. The largest absolute Gasteiger partial charge is 0.493 e. The molecule has 3 nitrogen and oxygen atoms in total. The van der Waals surface area contributed by atoms with Gasteiger partial charge in [-0.1, -0.05) is 6.07 Å². The molecule has 1 radical (unpaired) electrons. The molecule has 0 amide bonds. The summed E-state index contributed by atoms with van der Waals surface area (Å²) in [7, 11) is 3.30. The summed E-state index contributed by atoms with van der Waals surface area (Å²) >= 11 is 0. The fraction of sp³-hybridized carbons (Fsp3) is 0.538. The van der Waals surface area contributed by atoms with Gasteiger partial charge in [-0.15, -0.1) is 0 Å². The molecule has 1 rings (SSSR count). The maximum atomic E-state index is 5.25. The highest BCUT2D eigenvalue weighted by Crippen LogP contribution is 2.27. The van der Waals surface area contributed by atoms with Gasteiger partial charge in [0.25, 0.3) is 0 Å². The van der Waals surface area contributed by atoms with Crippen LogP contribution in [0.2, 0.25) is 0 Å². The molecular formula is C13H20NO2. The molecule has 3 heteroatoms. The number of methoxy groups -OCH3 is 2. The van der Waals surface area contributed by atoms with Crippen molar-refractivity contribution in [1.29, 1.82) is 0 Å². The molecule has 1 aromatic carbocycles. The SMILES string of the molecule is COc1ccc(CC[N]C(C)C)cc1OC. The first-order valence-electron chi connectivity index (χ1n) is 5.55.